The maximum Gasteiger partial charge on any atom is 0.323 e. The Labute approximate surface area is 307 Å². The molecule has 1 aliphatic heterocycles. The molecule has 1 aliphatic rings. The molecule has 1 unspecified atom stereocenters. The number of unbranched alkanes of at least 4 members (excludes halogenated alkanes) is 1. The number of aliphatic hydroxyl groups is 1. The average molecular weight is 770 g/mol. The van der Waals surface area contributed by atoms with E-state index in [1.54, 1.807) is 25.4 Å². The van der Waals surface area contributed by atoms with Crippen molar-refractivity contribution in [3.05, 3.63) is 86.5 Å². The van der Waals surface area contributed by atoms with Crippen molar-refractivity contribution < 1.29 is 24.5 Å². The normalized spacial score (nSPS) is 13.9. The quantitative estimate of drug-likeness (QED) is 0.0487. The van der Waals surface area contributed by atoms with Crippen LogP contribution in [-0.2, 0) is 17.9 Å². The fraction of sp³-hybridized carbons (Fsp3) is 0.378. The monoisotopic (exact) mass is 768 g/mol. The van der Waals surface area contributed by atoms with E-state index in [1.165, 1.54) is 38.4 Å². The van der Waals surface area contributed by atoms with E-state index in [1.807, 2.05) is 36.4 Å². The number of hydrogen-bond acceptors (Lipinski definition) is 10. The van der Waals surface area contributed by atoms with Gasteiger partial charge in [-0.15, -0.1) is 0 Å². The highest BCUT2D eigenvalue weighted by Gasteiger charge is 2.19. The van der Waals surface area contributed by atoms with Crippen molar-refractivity contribution in [1.29, 1.82) is 10.8 Å². The Hall–Kier alpha value is -3.94. The molecular formula is C37H46BrClN6O5. The summed E-state index contributed by atoms with van der Waals surface area (Å²) in [5.41, 5.74) is 5.56. The van der Waals surface area contributed by atoms with E-state index in [-0.39, 0.29) is 19.8 Å². The van der Waals surface area contributed by atoms with Gasteiger partial charge < -0.3 is 46.0 Å². The summed E-state index contributed by atoms with van der Waals surface area (Å²) < 4.78 is 13.1. The van der Waals surface area contributed by atoms with E-state index >= 15 is 0 Å². The van der Waals surface area contributed by atoms with E-state index in [0.717, 1.165) is 58.3 Å². The van der Waals surface area contributed by atoms with Gasteiger partial charge in [0.1, 0.15) is 30.8 Å². The molecule has 13 heteroatoms. The highest BCUT2D eigenvalue weighted by atomic mass is 79.9. The van der Waals surface area contributed by atoms with Crippen molar-refractivity contribution in [2.24, 2.45) is 0 Å². The molecular weight excluding hydrogens is 724 g/mol. The highest BCUT2D eigenvalue weighted by molar-refractivity contribution is 9.10. The number of likely N-dealkylation sites (tertiary alicyclic amines) is 1. The molecule has 0 saturated carbocycles. The van der Waals surface area contributed by atoms with E-state index in [9.17, 15) is 15.0 Å². The molecule has 3 aromatic carbocycles. The number of carboxylic acids is 1. The summed E-state index contributed by atoms with van der Waals surface area (Å²) in [6.45, 7) is 4.10. The lowest BCUT2D eigenvalue weighted by Crippen LogP contribution is -2.39. The molecule has 1 saturated heterocycles. The van der Waals surface area contributed by atoms with E-state index in [0.29, 0.717) is 27.7 Å². The lowest BCUT2D eigenvalue weighted by molar-refractivity contribution is -0.140. The third kappa shape index (κ3) is 10.8. The number of rotatable bonds is 21. The summed E-state index contributed by atoms with van der Waals surface area (Å²) in [6.07, 6.45) is 9.02. The van der Waals surface area contributed by atoms with Crippen LogP contribution in [0.3, 0.4) is 0 Å². The van der Waals surface area contributed by atoms with Crippen LogP contribution in [0.25, 0.3) is 11.1 Å². The number of carboxylic acid groups (broad SMARTS) is 1. The molecule has 11 nitrogen and oxygen atoms in total. The van der Waals surface area contributed by atoms with E-state index in [4.69, 9.17) is 31.9 Å². The molecule has 268 valence electrons. The SMILES string of the molecule is CN/C=C(\C=N)COc1cc(OCc2cccc(-c3cccc(NCCCCN4CCCC4)c3C=N)c2Br)c(Cl)cc1CNC(CO)C(=O)O. The lowest BCUT2D eigenvalue weighted by atomic mass is 9.97. The number of aliphatic hydroxyl groups excluding tert-OH is 1. The molecule has 0 spiro atoms. The van der Waals surface area contributed by atoms with Crippen LogP contribution in [0.15, 0.2) is 64.8 Å². The molecule has 0 aromatic heterocycles. The second-order valence-corrected chi connectivity index (χ2v) is 13.1. The summed E-state index contributed by atoms with van der Waals surface area (Å²) in [7, 11) is 1.72. The van der Waals surface area contributed by atoms with Crippen LogP contribution in [0, 0.1) is 10.8 Å². The molecule has 0 amide bonds. The van der Waals surface area contributed by atoms with Crippen LogP contribution in [0.5, 0.6) is 11.5 Å². The Bertz CT molecular complexity index is 1650. The zero-order valence-corrected chi connectivity index (χ0v) is 30.6. The van der Waals surface area contributed by atoms with Gasteiger partial charge in [-0.25, -0.2) is 0 Å². The van der Waals surface area contributed by atoms with Crippen LogP contribution < -0.4 is 25.4 Å². The predicted octanol–water partition coefficient (Wildman–Crippen LogP) is 6.30. The van der Waals surface area contributed by atoms with Crippen molar-refractivity contribution >= 4 is 51.6 Å². The van der Waals surface area contributed by atoms with Crippen LogP contribution in [0.4, 0.5) is 5.69 Å². The van der Waals surface area contributed by atoms with E-state index in [2.05, 4.69) is 36.8 Å². The van der Waals surface area contributed by atoms with Gasteiger partial charge in [0, 0.05) is 77.3 Å². The van der Waals surface area contributed by atoms with Gasteiger partial charge in [-0.1, -0.05) is 41.9 Å². The van der Waals surface area contributed by atoms with Crippen LogP contribution in [0.1, 0.15) is 42.4 Å². The Morgan fingerprint density at radius 3 is 2.52 bits per heavy atom. The molecule has 1 atom stereocenters. The fourth-order valence-electron chi connectivity index (χ4n) is 5.75. The van der Waals surface area contributed by atoms with Gasteiger partial charge in [-0.05, 0) is 84.5 Å². The van der Waals surface area contributed by atoms with Crippen molar-refractivity contribution in [2.45, 2.75) is 44.9 Å². The lowest BCUT2D eigenvalue weighted by Gasteiger charge is -2.19. The standard InChI is InChI=1S/C37H46BrClN6O5/c1-42-20-25(18-40)23-49-34-17-35(31(39)16-27(34)21-44-33(22-46)37(47)48)50-24-26-8-6-10-29(36(26)38)28-9-7-11-32(30(28)19-41)43-12-2-3-13-45-14-4-5-15-45/h6-11,16-20,33,40-44,46H,2-5,12-15,21-24H2,1H3,(H,47,48)/b25-20+,40-18?,41-19?. The zero-order valence-electron chi connectivity index (χ0n) is 28.2. The number of benzene rings is 3. The predicted molar refractivity (Wildman–Crippen MR) is 203 cm³/mol. The van der Waals surface area contributed by atoms with Crippen LogP contribution >= 0.6 is 27.5 Å². The third-order valence-corrected chi connectivity index (χ3v) is 9.69. The Morgan fingerprint density at radius 1 is 1.06 bits per heavy atom. The molecule has 1 fully saturated rings. The molecule has 7 N–H and O–H groups in total. The summed E-state index contributed by atoms with van der Waals surface area (Å²) in [5.74, 6) is -0.452. The number of aliphatic carboxylic acids is 1. The Morgan fingerprint density at radius 2 is 1.82 bits per heavy atom. The smallest absolute Gasteiger partial charge is 0.323 e. The first-order valence-corrected chi connectivity index (χ1v) is 17.9. The minimum absolute atomic E-state index is 0.0536. The minimum atomic E-state index is -1.18. The van der Waals surface area contributed by atoms with Gasteiger partial charge in [0.15, 0.2) is 0 Å². The molecule has 0 bridgehead atoms. The van der Waals surface area contributed by atoms with Gasteiger partial charge in [0.05, 0.1) is 11.6 Å². The number of carbonyl (C=O) groups is 1. The van der Waals surface area contributed by atoms with Gasteiger partial charge in [-0.2, -0.15) is 0 Å². The fourth-order valence-corrected chi connectivity index (χ4v) is 6.58. The van der Waals surface area contributed by atoms with Crippen molar-refractivity contribution in [3.63, 3.8) is 0 Å². The number of hydrogen-bond donors (Lipinski definition) is 7. The summed E-state index contributed by atoms with van der Waals surface area (Å²) in [6, 6.07) is 14.0. The number of nitrogens with zero attached hydrogens (tertiary/aromatic N) is 1. The van der Waals surface area contributed by atoms with Crippen molar-refractivity contribution in [2.75, 3.05) is 51.8 Å². The molecule has 4 rings (SSSR count). The Balaban J connectivity index is 1.51. The van der Waals surface area contributed by atoms with Crippen molar-refractivity contribution in [3.8, 4) is 22.6 Å². The zero-order chi connectivity index (χ0) is 35.9. The highest BCUT2D eigenvalue weighted by Crippen LogP contribution is 2.37. The Kier molecular flexibility index (Phi) is 15.6. The summed E-state index contributed by atoms with van der Waals surface area (Å²) in [4.78, 5) is 14.0. The van der Waals surface area contributed by atoms with Gasteiger partial charge in [0.2, 0.25) is 0 Å². The molecule has 0 aliphatic carbocycles. The second-order valence-electron chi connectivity index (χ2n) is 11.9. The second kappa shape index (κ2) is 20.0. The number of anilines is 1. The maximum atomic E-state index is 11.4. The average Bonchev–Trinajstić information content (AvgIpc) is 3.64. The summed E-state index contributed by atoms with van der Waals surface area (Å²) in [5, 5.41) is 44.2. The number of halogens is 2. The first-order chi connectivity index (χ1) is 24.3. The third-order valence-electron chi connectivity index (χ3n) is 8.46. The van der Waals surface area contributed by atoms with E-state index < -0.39 is 18.6 Å². The molecule has 3 aromatic rings. The van der Waals surface area contributed by atoms with Crippen LogP contribution in [0.2, 0.25) is 5.02 Å². The van der Waals surface area contributed by atoms with Gasteiger partial charge in [-0.3, -0.25) is 10.1 Å². The molecule has 1 heterocycles. The van der Waals surface area contributed by atoms with Crippen molar-refractivity contribution in [1.82, 2.24) is 15.5 Å². The first kappa shape index (κ1) is 38.9. The number of ether oxygens (including phenoxy) is 2. The maximum absolute atomic E-state index is 11.4. The number of nitrogens with one attached hydrogen (secondary N) is 5. The molecule has 0 radical (unpaired) electrons. The van der Waals surface area contributed by atoms with Crippen LogP contribution in [-0.4, -0.2) is 86.0 Å². The summed E-state index contributed by atoms with van der Waals surface area (Å²) >= 11 is 10.5. The van der Waals surface area contributed by atoms with Gasteiger partial charge in [0.25, 0.3) is 0 Å². The first-order valence-electron chi connectivity index (χ1n) is 16.7. The minimum Gasteiger partial charge on any atom is -0.488 e. The van der Waals surface area contributed by atoms with Gasteiger partial charge >= 0.3 is 5.97 Å². The topological polar surface area (TPSA) is 163 Å². The molecule has 50 heavy (non-hydrogen) atoms. The largest absolute Gasteiger partial charge is 0.488 e.